The number of rotatable bonds is 9. The monoisotopic (exact) mass is 548 g/mol. The Hall–Kier alpha value is -3.93. The third-order valence-corrected chi connectivity index (χ3v) is 5.91. The van der Waals surface area contributed by atoms with E-state index in [1.165, 1.54) is 13.0 Å². The number of esters is 4. The summed E-state index contributed by atoms with van der Waals surface area (Å²) >= 11 is 0. The summed E-state index contributed by atoms with van der Waals surface area (Å²) in [6.07, 6.45) is -5.15. The number of aryl methyl sites for hydroxylation is 2. The van der Waals surface area contributed by atoms with Crippen LogP contribution in [0.2, 0.25) is 0 Å². The van der Waals surface area contributed by atoms with Crippen molar-refractivity contribution >= 4 is 34.8 Å². The zero-order valence-electron chi connectivity index (χ0n) is 22.6. The maximum absolute atomic E-state index is 12.2. The lowest BCUT2D eigenvalue weighted by atomic mass is 9.98. The lowest BCUT2D eigenvalue weighted by molar-refractivity contribution is -0.288. The average molecular weight is 549 g/mol. The highest BCUT2D eigenvalue weighted by atomic mass is 16.7. The zero-order chi connectivity index (χ0) is 28.9. The number of hydrogen-bond donors (Lipinski definition) is 0. The fraction of sp³-hybridized carbons (Fsp3) is 0.519. The fourth-order valence-corrected chi connectivity index (χ4v) is 4.42. The van der Waals surface area contributed by atoms with Crippen LogP contribution in [-0.4, -0.2) is 61.2 Å². The van der Waals surface area contributed by atoms with Crippen LogP contribution in [0.15, 0.2) is 27.4 Å². The molecule has 12 nitrogen and oxygen atoms in total. The molecule has 0 saturated carbocycles. The van der Waals surface area contributed by atoms with Crippen LogP contribution in [0.5, 0.6) is 5.75 Å². The Balaban J connectivity index is 2.08. The molecule has 39 heavy (non-hydrogen) atoms. The van der Waals surface area contributed by atoms with E-state index in [1.807, 2.05) is 6.92 Å². The van der Waals surface area contributed by atoms with Crippen LogP contribution < -0.4 is 10.4 Å². The van der Waals surface area contributed by atoms with Gasteiger partial charge in [-0.05, 0) is 31.0 Å². The lowest BCUT2D eigenvalue weighted by Gasteiger charge is -2.44. The standard InChI is InChI=1S/C27H32O12/c1-7-8-18-11-22(32)39-23-13(2)20(10-9-19(18)23)37-27-26(36-17(6)31)25(35-16(5)30)24(34-15(4)29)21(38-27)12-33-14(3)28/h9-11,21,24-27H,7-8,12H2,1-6H3/t21-,24-,25+,26-,27-/m1/s1. The second kappa shape index (κ2) is 12.7. The highest BCUT2D eigenvalue weighted by Crippen LogP contribution is 2.34. The van der Waals surface area contributed by atoms with E-state index >= 15 is 0 Å². The van der Waals surface area contributed by atoms with E-state index in [9.17, 15) is 24.0 Å². The molecule has 0 bridgehead atoms. The molecule has 0 unspecified atom stereocenters. The largest absolute Gasteiger partial charge is 0.463 e. The predicted molar refractivity (Wildman–Crippen MR) is 134 cm³/mol. The molecule has 3 rings (SSSR count). The zero-order valence-corrected chi connectivity index (χ0v) is 22.6. The van der Waals surface area contributed by atoms with Crippen LogP contribution in [0.3, 0.4) is 0 Å². The second-order valence-electron chi connectivity index (χ2n) is 9.09. The van der Waals surface area contributed by atoms with Crippen molar-refractivity contribution in [3.63, 3.8) is 0 Å². The minimum Gasteiger partial charge on any atom is -0.463 e. The molecule has 1 saturated heterocycles. The minimum atomic E-state index is -1.41. The lowest BCUT2D eigenvalue weighted by Crippen LogP contribution is -2.63. The maximum Gasteiger partial charge on any atom is 0.336 e. The molecule has 1 fully saturated rings. The van der Waals surface area contributed by atoms with Gasteiger partial charge in [0.15, 0.2) is 12.2 Å². The number of ether oxygens (including phenoxy) is 6. The van der Waals surface area contributed by atoms with Gasteiger partial charge in [-0.1, -0.05) is 13.3 Å². The predicted octanol–water partition coefficient (Wildman–Crippen LogP) is 2.52. The van der Waals surface area contributed by atoms with Crippen molar-refractivity contribution in [2.24, 2.45) is 0 Å². The van der Waals surface area contributed by atoms with E-state index in [0.29, 0.717) is 17.6 Å². The van der Waals surface area contributed by atoms with Crippen LogP contribution in [0.4, 0.5) is 0 Å². The molecule has 1 aliphatic rings. The number of hydrogen-bond acceptors (Lipinski definition) is 12. The SMILES string of the molecule is CCCc1cc(=O)oc2c(C)c(O[C@@H]3O[C@H](COC(C)=O)[C@@H](OC(C)=O)[C@H](OC(C)=O)[C@H]3OC(C)=O)ccc12. The summed E-state index contributed by atoms with van der Waals surface area (Å²) in [6, 6.07) is 4.83. The summed E-state index contributed by atoms with van der Waals surface area (Å²) in [6.45, 7) is 7.88. The van der Waals surface area contributed by atoms with Gasteiger partial charge < -0.3 is 32.8 Å². The molecule has 0 N–H and O–H groups in total. The van der Waals surface area contributed by atoms with Gasteiger partial charge in [0.2, 0.25) is 12.4 Å². The van der Waals surface area contributed by atoms with E-state index < -0.39 is 60.2 Å². The van der Waals surface area contributed by atoms with E-state index in [1.54, 1.807) is 19.1 Å². The first-order valence-corrected chi connectivity index (χ1v) is 12.4. The summed E-state index contributed by atoms with van der Waals surface area (Å²) < 4.78 is 38.9. The molecule has 12 heteroatoms. The number of carbonyl (C=O) groups excluding carboxylic acids is 4. The van der Waals surface area contributed by atoms with Crippen molar-refractivity contribution in [2.45, 2.75) is 85.1 Å². The summed E-state index contributed by atoms with van der Waals surface area (Å²) in [5, 5.41) is 0.739. The third kappa shape index (κ3) is 7.34. The van der Waals surface area contributed by atoms with Gasteiger partial charge in [0.1, 0.15) is 24.0 Å². The molecule has 0 aliphatic carbocycles. The molecule has 1 aliphatic heterocycles. The first-order valence-electron chi connectivity index (χ1n) is 12.4. The Morgan fingerprint density at radius 1 is 0.872 bits per heavy atom. The van der Waals surface area contributed by atoms with Crippen molar-refractivity contribution in [2.75, 3.05) is 6.61 Å². The highest BCUT2D eigenvalue weighted by molar-refractivity contribution is 5.85. The van der Waals surface area contributed by atoms with Crippen LogP contribution in [0.25, 0.3) is 11.0 Å². The van der Waals surface area contributed by atoms with Crippen LogP contribution in [0.1, 0.15) is 52.2 Å². The van der Waals surface area contributed by atoms with Crippen LogP contribution in [-0.2, 0) is 49.3 Å². The van der Waals surface area contributed by atoms with Gasteiger partial charge in [-0.15, -0.1) is 0 Å². The van der Waals surface area contributed by atoms with Crippen molar-refractivity contribution < 1.29 is 52.0 Å². The second-order valence-corrected chi connectivity index (χ2v) is 9.09. The van der Waals surface area contributed by atoms with Gasteiger partial charge in [-0.3, -0.25) is 19.2 Å². The van der Waals surface area contributed by atoms with Gasteiger partial charge in [-0.2, -0.15) is 0 Å². The van der Waals surface area contributed by atoms with Crippen molar-refractivity contribution in [1.82, 2.24) is 0 Å². The molecule has 212 valence electrons. The normalized spacial score (nSPS) is 22.6. The van der Waals surface area contributed by atoms with E-state index in [0.717, 1.165) is 38.1 Å². The Bertz CT molecular complexity index is 1300. The minimum absolute atomic E-state index is 0.222. The third-order valence-electron chi connectivity index (χ3n) is 5.91. The quantitative estimate of drug-likeness (QED) is 0.257. The van der Waals surface area contributed by atoms with Gasteiger partial charge in [0, 0.05) is 44.7 Å². The molecule has 2 heterocycles. The smallest absolute Gasteiger partial charge is 0.336 e. The maximum atomic E-state index is 12.2. The molecule has 1 aromatic heterocycles. The summed E-state index contributed by atoms with van der Waals surface area (Å²) in [5.74, 6) is -2.65. The first kappa shape index (κ1) is 29.6. The van der Waals surface area contributed by atoms with Gasteiger partial charge >= 0.3 is 29.5 Å². The Labute approximate surface area is 224 Å². The number of benzene rings is 1. The van der Waals surface area contributed by atoms with Crippen molar-refractivity contribution in [3.05, 3.63) is 39.7 Å². The topological polar surface area (TPSA) is 154 Å². The van der Waals surface area contributed by atoms with Crippen LogP contribution >= 0.6 is 0 Å². The molecule has 0 radical (unpaired) electrons. The van der Waals surface area contributed by atoms with Crippen molar-refractivity contribution in [1.29, 1.82) is 0 Å². The Kier molecular flexibility index (Phi) is 9.68. The highest BCUT2D eigenvalue weighted by Gasteiger charge is 2.53. The first-order chi connectivity index (χ1) is 18.4. The van der Waals surface area contributed by atoms with Crippen LogP contribution in [0, 0.1) is 6.92 Å². The molecular weight excluding hydrogens is 516 g/mol. The van der Waals surface area contributed by atoms with Gasteiger partial charge in [-0.25, -0.2) is 4.79 Å². The van der Waals surface area contributed by atoms with E-state index in [2.05, 4.69) is 0 Å². The summed E-state index contributed by atoms with van der Waals surface area (Å²) in [7, 11) is 0. The summed E-state index contributed by atoms with van der Waals surface area (Å²) in [4.78, 5) is 59.7. The van der Waals surface area contributed by atoms with Gasteiger partial charge in [0.05, 0.1) is 0 Å². The van der Waals surface area contributed by atoms with E-state index in [4.69, 9.17) is 32.8 Å². The molecule has 2 aromatic rings. The summed E-state index contributed by atoms with van der Waals surface area (Å²) in [5.41, 5.74) is 1.09. The molecule has 1 aromatic carbocycles. The number of fused-ring (bicyclic) bond motifs is 1. The van der Waals surface area contributed by atoms with Crippen molar-refractivity contribution in [3.8, 4) is 5.75 Å². The fourth-order valence-electron chi connectivity index (χ4n) is 4.42. The molecule has 5 atom stereocenters. The molecular formula is C27H32O12. The Morgan fingerprint density at radius 3 is 2.08 bits per heavy atom. The van der Waals surface area contributed by atoms with E-state index in [-0.39, 0.29) is 12.4 Å². The molecule has 0 amide bonds. The molecule has 0 spiro atoms. The van der Waals surface area contributed by atoms with Gasteiger partial charge in [0.25, 0.3) is 0 Å². The Morgan fingerprint density at radius 2 is 1.49 bits per heavy atom. The average Bonchev–Trinajstić information content (AvgIpc) is 2.83. The number of carbonyl (C=O) groups is 4.